The fourth-order valence-electron chi connectivity index (χ4n) is 1.05. The molecule has 0 aromatic heterocycles. The van der Waals surface area contributed by atoms with E-state index in [1.807, 2.05) is 0 Å². The molecule has 0 saturated carbocycles. The van der Waals surface area contributed by atoms with Crippen LogP contribution in [0.2, 0.25) is 0 Å². The summed E-state index contributed by atoms with van der Waals surface area (Å²) in [6.07, 6.45) is -1.46. The van der Waals surface area contributed by atoms with E-state index in [9.17, 15) is 9.59 Å². The highest BCUT2D eigenvalue weighted by Crippen LogP contribution is 2.05. The van der Waals surface area contributed by atoms with Crippen molar-refractivity contribution in [1.29, 1.82) is 0 Å². The molecule has 6 nitrogen and oxygen atoms in total. The number of carboxylic acid groups (broad SMARTS) is 1. The summed E-state index contributed by atoms with van der Waals surface area (Å²) in [5, 5.41) is 8.62. The summed E-state index contributed by atoms with van der Waals surface area (Å²) in [4.78, 5) is 22.7. The average molecular weight is 189 g/mol. The van der Waals surface area contributed by atoms with Gasteiger partial charge in [0, 0.05) is 7.11 Å². The van der Waals surface area contributed by atoms with E-state index < -0.39 is 18.2 Å². The molecule has 1 fully saturated rings. The van der Waals surface area contributed by atoms with Gasteiger partial charge in [0.1, 0.15) is 6.61 Å². The number of amides is 1. The zero-order valence-corrected chi connectivity index (χ0v) is 7.23. The van der Waals surface area contributed by atoms with E-state index in [1.54, 1.807) is 0 Å². The SMILES string of the molecule is COC(CN1CCOC1=O)C(=O)O. The molecule has 1 amide bonds. The van der Waals surface area contributed by atoms with Crippen molar-refractivity contribution >= 4 is 12.1 Å². The number of nitrogens with zero attached hydrogens (tertiary/aromatic N) is 1. The number of ether oxygens (including phenoxy) is 2. The van der Waals surface area contributed by atoms with Crippen molar-refractivity contribution in [2.24, 2.45) is 0 Å². The number of carboxylic acids is 1. The van der Waals surface area contributed by atoms with Crippen LogP contribution in [0.25, 0.3) is 0 Å². The number of carbonyl (C=O) groups excluding carboxylic acids is 1. The fourth-order valence-corrected chi connectivity index (χ4v) is 1.05. The van der Waals surface area contributed by atoms with Crippen LogP contribution in [0.4, 0.5) is 4.79 Å². The van der Waals surface area contributed by atoms with Crippen LogP contribution in [0.5, 0.6) is 0 Å². The lowest BCUT2D eigenvalue weighted by Crippen LogP contribution is -2.38. The van der Waals surface area contributed by atoms with Crippen LogP contribution < -0.4 is 0 Å². The molecule has 1 heterocycles. The minimum Gasteiger partial charge on any atom is -0.479 e. The average Bonchev–Trinajstić information content (AvgIpc) is 2.46. The molecule has 1 aliphatic heterocycles. The molecule has 0 spiro atoms. The van der Waals surface area contributed by atoms with Crippen molar-refractivity contribution in [3.8, 4) is 0 Å². The first kappa shape index (κ1) is 9.79. The van der Waals surface area contributed by atoms with Gasteiger partial charge in [-0.2, -0.15) is 0 Å². The normalized spacial score (nSPS) is 18.5. The zero-order chi connectivity index (χ0) is 9.84. The Labute approximate surface area is 75.0 Å². The first-order valence-corrected chi connectivity index (χ1v) is 3.82. The second-order valence-corrected chi connectivity index (χ2v) is 2.62. The number of hydrogen-bond acceptors (Lipinski definition) is 4. The third kappa shape index (κ3) is 2.32. The molecule has 0 radical (unpaired) electrons. The van der Waals surface area contributed by atoms with Gasteiger partial charge in [0.15, 0.2) is 6.10 Å². The van der Waals surface area contributed by atoms with E-state index in [4.69, 9.17) is 5.11 Å². The highest BCUT2D eigenvalue weighted by Gasteiger charge is 2.28. The van der Waals surface area contributed by atoms with Crippen LogP contribution in [0.3, 0.4) is 0 Å². The third-order valence-corrected chi connectivity index (χ3v) is 1.79. The quantitative estimate of drug-likeness (QED) is 0.647. The van der Waals surface area contributed by atoms with Crippen molar-refractivity contribution < 1.29 is 24.2 Å². The second-order valence-electron chi connectivity index (χ2n) is 2.62. The standard InChI is InChI=1S/C7H11NO5/c1-12-5(6(9)10)4-8-2-3-13-7(8)11/h5H,2-4H2,1H3,(H,9,10). The van der Waals surface area contributed by atoms with Gasteiger partial charge < -0.3 is 19.5 Å². The Hall–Kier alpha value is -1.30. The molecular formula is C7H11NO5. The Balaban J connectivity index is 2.45. The Morgan fingerprint density at radius 1 is 1.85 bits per heavy atom. The van der Waals surface area contributed by atoms with Crippen LogP contribution in [0, 0.1) is 0 Å². The number of methoxy groups -OCH3 is 1. The molecule has 6 heteroatoms. The van der Waals surface area contributed by atoms with Crippen LogP contribution in [0.15, 0.2) is 0 Å². The predicted molar refractivity (Wildman–Crippen MR) is 41.4 cm³/mol. The number of hydrogen-bond donors (Lipinski definition) is 1. The van der Waals surface area contributed by atoms with Gasteiger partial charge in [-0.3, -0.25) is 0 Å². The van der Waals surface area contributed by atoms with Crippen molar-refractivity contribution in [3.63, 3.8) is 0 Å². The van der Waals surface area contributed by atoms with Gasteiger partial charge in [-0.1, -0.05) is 0 Å². The molecular weight excluding hydrogens is 178 g/mol. The smallest absolute Gasteiger partial charge is 0.410 e. The molecule has 1 unspecified atom stereocenters. The Bertz CT molecular complexity index is 217. The Morgan fingerprint density at radius 3 is 2.92 bits per heavy atom. The molecule has 1 aliphatic rings. The van der Waals surface area contributed by atoms with Gasteiger partial charge in [0.2, 0.25) is 0 Å². The number of rotatable bonds is 4. The molecule has 0 aromatic rings. The van der Waals surface area contributed by atoms with E-state index in [0.717, 1.165) is 0 Å². The van der Waals surface area contributed by atoms with Gasteiger partial charge in [-0.15, -0.1) is 0 Å². The molecule has 1 saturated heterocycles. The van der Waals surface area contributed by atoms with Gasteiger partial charge >= 0.3 is 12.1 Å². The molecule has 13 heavy (non-hydrogen) atoms. The maximum Gasteiger partial charge on any atom is 0.410 e. The lowest BCUT2D eigenvalue weighted by atomic mass is 10.3. The van der Waals surface area contributed by atoms with E-state index in [1.165, 1.54) is 12.0 Å². The molecule has 74 valence electrons. The van der Waals surface area contributed by atoms with Gasteiger partial charge in [-0.25, -0.2) is 9.59 Å². The van der Waals surface area contributed by atoms with Crippen LogP contribution >= 0.6 is 0 Å². The zero-order valence-electron chi connectivity index (χ0n) is 7.23. The molecule has 0 aliphatic carbocycles. The number of cyclic esters (lactones) is 1. The largest absolute Gasteiger partial charge is 0.479 e. The summed E-state index contributed by atoms with van der Waals surface area (Å²) in [5.41, 5.74) is 0. The van der Waals surface area contributed by atoms with Gasteiger partial charge in [-0.05, 0) is 0 Å². The Morgan fingerprint density at radius 2 is 2.54 bits per heavy atom. The van der Waals surface area contributed by atoms with Crippen molar-refractivity contribution in [1.82, 2.24) is 4.90 Å². The van der Waals surface area contributed by atoms with E-state index in [-0.39, 0.29) is 6.54 Å². The highest BCUT2D eigenvalue weighted by molar-refractivity contribution is 5.75. The lowest BCUT2D eigenvalue weighted by molar-refractivity contribution is -0.149. The van der Waals surface area contributed by atoms with E-state index in [0.29, 0.717) is 13.2 Å². The third-order valence-electron chi connectivity index (χ3n) is 1.79. The van der Waals surface area contributed by atoms with Gasteiger partial charge in [0.25, 0.3) is 0 Å². The van der Waals surface area contributed by atoms with Crippen molar-refractivity contribution in [2.45, 2.75) is 6.10 Å². The maximum absolute atomic E-state index is 10.9. The first-order chi connectivity index (χ1) is 6.15. The topological polar surface area (TPSA) is 76.1 Å². The molecule has 1 rings (SSSR count). The Kier molecular flexibility index (Phi) is 3.07. The minimum atomic E-state index is -1.08. The fraction of sp³-hybridized carbons (Fsp3) is 0.714. The molecule has 1 N–H and O–H groups in total. The van der Waals surface area contributed by atoms with E-state index >= 15 is 0 Å². The van der Waals surface area contributed by atoms with Gasteiger partial charge in [0.05, 0.1) is 13.1 Å². The lowest BCUT2D eigenvalue weighted by Gasteiger charge is -2.16. The maximum atomic E-state index is 10.9. The predicted octanol–water partition coefficient (Wildman–Crippen LogP) is -0.462. The molecule has 0 bridgehead atoms. The highest BCUT2D eigenvalue weighted by atomic mass is 16.6. The molecule has 1 atom stereocenters. The summed E-state index contributed by atoms with van der Waals surface area (Å²) in [6, 6.07) is 0. The minimum absolute atomic E-state index is 0.0324. The number of aliphatic carboxylic acids is 1. The monoisotopic (exact) mass is 189 g/mol. The van der Waals surface area contributed by atoms with Crippen molar-refractivity contribution in [3.05, 3.63) is 0 Å². The summed E-state index contributed by atoms with van der Waals surface area (Å²) in [7, 11) is 1.29. The first-order valence-electron chi connectivity index (χ1n) is 3.82. The summed E-state index contributed by atoms with van der Waals surface area (Å²) in [6.45, 7) is 0.769. The van der Waals surface area contributed by atoms with E-state index in [2.05, 4.69) is 9.47 Å². The van der Waals surface area contributed by atoms with Crippen LogP contribution in [-0.2, 0) is 14.3 Å². The summed E-state index contributed by atoms with van der Waals surface area (Å²) >= 11 is 0. The second kappa shape index (κ2) is 4.08. The molecule has 0 aromatic carbocycles. The van der Waals surface area contributed by atoms with Crippen LogP contribution in [-0.4, -0.2) is 55.0 Å². The summed E-state index contributed by atoms with van der Waals surface area (Å²) < 4.78 is 9.30. The number of carbonyl (C=O) groups is 2. The van der Waals surface area contributed by atoms with Crippen molar-refractivity contribution in [2.75, 3.05) is 26.8 Å². The summed E-state index contributed by atoms with van der Waals surface area (Å²) in [5.74, 6) is -1.08. The van der Waals surface area contributed by atoms with Crippen LogP contribution in [0.1, 0.15) is 0 Å².